The maximum atomic E-state index is 15.1. The number of nitrogens with zero attached hydrogens (tertiary/aromatic N) is 2. The highest BCUT2D eigenvalue weighted by Gasteiger charge is 2.71. The first kappa shape index (κ1) is 30.2. The molecule has 3 aromatic rings. The van der Waals surface area contributed by atoms with E-state index in [2.05, 4.69) is 5.43 Å². The highest BCUT2D eigenvalue weighted by atomic mass is 16.5. The Kier molecular flexibility index (Phi) is 7.14. The largest absolute Gasteiger partial charge is 0.508 e. The average Bonchev–Trinajstić information content (AvgIpc) is 3.47. The van der Waals surface area contributed by atoms with Crippen molar-refractivity contribution in [1.82, 2.24) is 9.91 Å². The number of hydrazine groups is 1. The van der Waals surface area contributed by atoms with Gasteiger partial charge in [-0.05, 0) is 61.6 Å². The standard InChI is InChI=1S/C36H33N3O8/c1-19-9-11-21(12-10-19)37-39-32(42)27-18-25-23(14-15-24-29(25)33(43)38(31(24)41)35(45)47-3)30(26-17-22(46-2)13-16-28(26)40)36(27,34(39)44)20-7-5-4-6-8-20/h4-14,16-17,24-25,27,29-30,37,40H,15,18H2,1-3H3. The van der Waals surface area contributed by atoms with E-state index in [1.54, 1.807) is 48.5 Å². The molecule has 0 aromatic heterocycles. The Morgan fingerprint density at radius 1 is 0.915 bits per heavy atom. The van der Waals surface area contributed by atoms with E-state index in [4.69, 9.17) is 9.47 Å². The van der Waals surface area contributed by atoms with Crippen molar-refractivity contribution in [3.05, 3.63) is 101 Å². The Hall–Kier alpha value is -5.45. The molecule has 11 heteroatoms. The Morgan fingerprint density at radius 2 is 1.64 bits per heavy atom. The summed E-state index contributed by atoms with van der Waals surface area (Å²) in [6, 6.07) is 21.0. The number of rotatable bonds is 5. The number of phenolic OH excluding ortho intramolecular Hbond substituents is 1. The summed E-state index contributed by atoms with van der Waals surface area (Å²) in [6.45, 7) is 1.93. The molecule has 3 aromatic carbocycles. The van der Waals surface area contributed by atoms with E-state index in [0.29, 0.717) is 33.0 Å². The van der Waals surface area contributed by atoms with Gasteiger partial charge in [-0.1, -0.05) is 59.7 Å². The number of aromatic hydroxyl groups is 1. The number of allylic oxidation sites excluding steroid dienone is 2. The van der Waals surface area contributed by atoms with E-state index in [1.165, 1.54) is 13.2 Å². The number of fused-ring (bicyclic) bond motifs is 4. The molecule has 47 heavy (non-hydrogen) atoms. The summed E-state index contributed by atoms with van der Waals surface area (Å²) in [7, 11) is 2.59. The van der Waals surface area contributed by atoms with Crippen molar-refractivity contribution in [2.75, 3.05) is 19.6 Å². The molecule has 0 radical (unpaired) electrons. The third kappa shape index (κ3) is 4.29. The molecule has 4 aliphatic rings. The maximum Gasteiger partial charge on any atom is 0.423 e. The first-order valence-corrected chi connectivity index (χ1v) is 15.4. The molecule has 5 amide bonds. The first-order chi connectivity index (χ1) is 22.6. The minimum absolute atomic E-state index is 0.0494. The molecule has 6 atom stereocenters. The lowest BCUT2D eigenvalue weighted by atomic mass is 9.49. The lowest BCUT2D eigenvalue weighted by Gasteiger charge is -2.50. The van der Waals surface area contributed by atoms with Gasteiger partial charge in [0.05, 0.1) is 43.1 Å². The number of imide groups is 4. The van der Waals surface area contributed by atoms with Gasteiger partial charge < -0.3 is 14.6 Å². The number of carbonyl (C=O) groups excluding carboxylic acids is 5. The van der Waals surface area contributed by atoms with E-state index in [-0.39, 0.29) is 18.6 Å². The fraction of sp³-hybridized carbons (Fsp3) is 0.306. The van der Waals surface area contributed by atoms with Crippen LogP contribution < -0.4 is 10.2 Å². The second-order valence-corrected chi connectivity index (χ2v) is 12.5. The van der Waals surface area contributed by atoms with Crippen LogP contribution in [0.4, 0.5) is 10.5 Å². The molecule has 0 bridgehead atoms. The summed E-state index contributed by atoms with van der Waals surface area (Å²) in [6.07, 6.45) is 0.955. The zero-order chi connectivity index (χ0) is 33.2. The van der Waals surface area contributed by atoms with Crippen LogP contribution in [0, 0.1) is 30.6 Å². The van der Waals surface area contributed by atoms with Gasteiger partial charge in [0.15, 0.2) is 0 Å². The number of hydrogen-bond donors (Lipinski definition) is 2. The molecule has 7 rings (SSSR count). The zero-order valence-electron chi connectivity index (χ0n) is 26.0. The van der Waals surface area contributed by atoms with E-state index >= 15 is 4.79 Å². The number of carbonyl (C=O) groups is 5. The summed E-state index contributed by atoms with van der Waals surface area (Å²) < 4.78 is 10.3. The van der Waals surface area contributed by atoms with Crippen LogP contribution in [-0.2, 0) is 29.3 Å². The van der Waals surface area contributed by atoms with Crippen LogP contribution in [0.1, 0.15) is 35.4 Å². The van der Waals surface area contributed by atoms with Gasteiger partial charge in [0.1, 0.15) is 11.5 Å². The SMILES string of the molecule is COC(=O)N1C(=O)C2CC=C3C(CC4C(=O)N(Nc5ccc(C)cc5)C(=O)C4(c4ccccc4)C3c3cc(OC)ccc3O)C2C1=O. The van der Waals surface area contributed by atoms with E-state index in [0.717, 1.165) is 17.7 Å². The van der Waals surface area contributed by atoms with Gasteiger partial charge in [-0.15, -0.1) is 0 Å². The number of aryl methyl sites for hydroxylation is 1. The van der Waals surface area contributed by atoms with E-state index in [9.17, 15) is 24.3 Å². The predicted octanol–water partition coefficient (Wildman–Crippen LogP) is 4.46. The van der Waals surface area contributed by atoms with Crippen LogP contribution in [-0.4, -0.2) is 59.0 Å². The quantitative estimate of drug-likeness (QED) is 0.307. The molecule has 6 unspecified atom stereocenters. The molecule has 1 saturated carbocycles. The number of anilines is 1. The lowest BCUT2D eigenvalue weighted by Crippen LogP contribution is -2.53. The van der Waals surface area contributed by atoms with Crippen molar-refractivity contribution in [3.63, 3.8) is 0 Å². The number of benzene rings is 3. The smallest absolute Gasteiger partial charge is 0.423 e. The Labute approximate surface area is 270 Å². The topological polar surface area (TPSA) is 143 Å². The zero-order valence-corrected chi connectivity index (χ0v) is 26.0. The normalized spacial score (nSPS) is 28.0. The van der Waals surface area contributed by atoms with Gasteiger partial charge in [0.25, 0.3) is 11.8 Å². The predicted molar refractivity (Wildman–Crippen MR) is 168 cm³/mol. The van der Waals surface area contributed by atoms with Crippen LogP contribution in [0.2, 0.25) is 0 Å². The summed E-state index contributed by atoms with van der Waals surface area (Å²) in [5, 5.41) is 12.5. The number of methoxy groups -OCH3 is 2. The molecule has 2 heterocycles. The minimum Gasteiger partial charge on any atom is -0.508 e. The first-order valence-electron chi connectivity index (χ1n) is 15.4. The number of amides is 5. The fourth-order valence-corrected chi connectivity index (χ4v) is 8.25. The van der Waals surface area contributed by atoms with Crippen molar-refractivity contribution >= 4 is 35.4 Å². The van der Waals surface area contributed by atoms with E-state index in [1.807, 2.05) is 31.2 Å². The maximum absolute atomic E-state index is 15.1. The summed E-state index contributed by atoms with van der Waals surface area (Å²) >= 11 is 0. The van der Waals surface area contributed by atoms with Gasteiger partial charge in [-0.2, -0.15) is 9.91 Å². The molecule has 2 aliphatic heterocycles. The number of ether oxygens (including phenoxy) is 2. The van der Waals surface area contributed by atoms with Gasteiger partial charge in [-0.25, -0.2) is 4.79 Å². The summed E-state index contributed by atoms with van der Waals surface area (Å²) in [5.41, 5.74) is 4.56. The highest BCUT2D eigenvalue weighted by Crippen LogP contribution is 2.65. The highest BCUT2D eigenvalue weighted by molar-refractivity contribution is 6.16. The molecular weight excluding hydrogens is 602 g/mol. The summed E-state index contributed by atoms with van der Waals surface area (Å²) in [4.78, 5) is 70.1. The van der Waals surface area contributed by atoms with E-state index < -0.39 is 64.7 Å². The van der Waals surface area contributed by atoms with Crippen LogP contribution in [0.5, 0.6) is 11.5 Å². The van der Waals surface area contributed by atoms with Gasteiger partial charge >= 0.3 is 6.09 Å². The summed E-state index contributed by atoms with van der Waals surface area (Å²) in [5.74, 6) is -6.54. The van der Waals surface area contributed by atoms with Crippen molar-refractivity contribution in [1.29, 1.82) is 0 Å². The van der Waals surface area contributed by atoms with Crippen molar-refractivity contribution < 1.29 is 38.6 Å². The van der Waals surface area contributed by atoms with Crippen LogP contribution in [0.25, 0.3) is 0 Å². The third-order valence-electron chi connectivity index (χ3n) is 10.3. The number of nitrogens with one attached hydrogen (secondary N) is 1. The van der Waals surface area contributed by atoms with Crippen LogP contribution in [0.15, 0.2) is 84.4 Å². The lowest BCUT2D eigenvalue weighted by molar-refractivity contribution is -0.140. The molecule has 240 valence electrons. The van der Waals surface area contributed by atoms with Crippen molar-refractivity contribution in [2.24, 2.45) is 23.7 Å². The van der Waals surface area contributed by atoms with Gasteiger partial charge in [0, 0.05) is 11.5 Å². The molecule has 0 spiro atoms. The Morgan fingerprint density at radius 3 is 2.32 bits per heavy atom. The van der Waals surface area contributed by atoms with Crippen molar-refractivity contribution in [2.45, 2.75) is 31.1 Å². The molecule has 2 aliphatic carbocycles. The second-order valence-electron chi connectivity index (χ2n) is 12.5. The Balaban J connectivity index is 1.47. The monoisotopic (exact) mass is 635 g/mol. The van der Waals surface area contributed by atoms with Gasteiger partial charge in [0.2, 0.25) is 11.8 Å². The molecule has 11 nitrogen and oxygen atoms in total. The average molecular weight is 636 g/mol. The third-order valence-corrected chi connectivity index (χ3v) is 10.3. The fourth-order valence-electron chi connectivity index (χ4n) is 8.25. The molecule has 2 saturated heterocycles. The van der Waals surface area contributed by atoms with Crippen molar-refractivity contribution in [3.8, 4) is 11.5 Å². The Bertz CT molecular complexity index is 1860. The number of hydrogen-bond acceptors (Lipinski definition) is 9. The minimum atomic E-state index is -1.55. The van der Waals surface area contributed by atoms with Crippen LogP contribution >= 0.6 is 0 Å². The molecular formula is C36H33N3O8. The number of likely N-dealkylation sites (tertiary alicyclic amines) is 1. The molecule has 3 fully saturated rings. The molecule has 2 N–H and O–H groups in total. The second kappa shape index (κ2) is 11.1. The van der Waals surface area contributed by atoms with Gasteiger partial charge in [-0.3, -0.25) is 24.6 Å². The number of phenols is 1. The van der Waals surface area contributed by atoms with Crippen LogP contribution in [0.3, 0.4) is 0 Å².